The molecule has 0 spiro atoms. The lowest BCUT2D eigenvalue weighted by molar-refractivity contribution is -0.139. The van der Waals surface area contributed by atoms with Crippen molar-refractivity contribution in [3.05, 3.63) is 57.9 Å². The Morgan fingerprint density at radius 2 is 1.95 bits per heavy atom. The highest BCUT2D eigenvalue weighted by molar-refractivity contribution is 5.98. The third-order valence-corrected chi connectivity index (χ3v) is 6.39. The summed E-state index contributed by atoms with van der Waals surface area (Å²) in [5.41, 5.74) is 2.04. The standard InChI is InChI=1S/C26H29FN2O8/c1-34-22(31)12-28-25(32)16-4-3-14(10-19(16)27)9-15-11-18(24(35-2)17-5-8-37-23(15)17)26(33)29-20-6-7-36-13-21(20)30/h3-4,10-11,20-21,30H,5-9,12-13H2,1-2H3,(H,28,32)(H,29,33)/t20-,21-/m0/s1. The maximum atomic E-state index is 14.8. The van der Waals surface area contributed by atoms with Crippen molar-refractivity contribution in [1.82, 2.24) is 10.6 Å². The number of rotatable bonds is 8. The average molecular weight is 517 g/mol. The summed E-state index contributed by atoms with van der Waals surface area (Å²) in [5.74, 6) is -1.55. The predicted molar refractivity (Wildman–Crippen MR) is 128 cm³/mol. The summed E-state index contributed by atoms with van der Waals surface area (Å²) >= 11 is 0. The van der Waals surface area contributed by atoms with Gasteiger partial charge in [0.25, 0.3) is 11.8 Å². The summed E-state index contributed by atoms with van der Waals surface area (Å²) < 4.78 is 35.9. The number of halogens is 1. The molecule has 4 rings (SSSR count). The molecule has 37 heavy (non-hydrogen) atoms. The van der Waals surface area contributed by atoms with Gasteiger partial charge in [-0.25, -0.2) is 4.39 Å². The van der Waals surface area contributed by atoms with Crippen molar-refractivity contribution in [2.24, 2.45) is 0 Å². The number of amides is 2. The molecule has 2 aromatic rings. The second-order valence-corrected chi connectivity index (χ2v) is 8.78. The highest BCUT2D eigenvalue weighted by Gasteiger charge is 2.30. The lowest BCUT2D eigenvalue weighted by Crippen LogP contribution is -2.48. The fraction of sp³-hybridized carbons (Fsp3) is 0.423. The van der Waals surface area contributed by atoms with E-state index >= 15 is 0 Å². The van der Waals surface area contributed by atoms with Crippen LogP contribution in [0.15, 0.2) is 24.3 Å². The smallest absolute Gasteiger partial charge is 0.325 e. The number of hydrogen-bond acceptors (Lipinski definition) is 8. The first-order chi connectivity index (χ1) is 17.8. The summed E-state index contributed by atoms with van der Waals surface area (Å²) in [6.07, 6.45) is 0.440. The van der Waals surface area contributed by atoms with Gasteiger partial charge in [-0.05, 0) is 35.7 Å². The zero-order valence-corrected chi connectivity index (χ0v) is 20.6. The molecule has 0 unspecified atom stereocenters. The molecule has 1 fully saturated rings. The predicted octanol–water partition coefficient (Wildman–Crippen LogP) is 1.14. The van der Waals surface area contributed by atoms with Crippen molar-refractivity contribution in [1.29, 1.82) is 0 Å². The Balaban J connectivity index is 1.58. The Morgan fingerprint density at radius 1 is 1.14 bits per heavy atom. The van der Waals surface area contributed by atoms with Crippen molar-refractivity contribution < 1.29 is 42.8 Å². The van der Waals surface area contributed by atoms with Gasteiger partial charge < -0.3 is 34.7 Å². The molecule has 0 saturated carbocycles. The summed E-state index contributed by atoms with van der Waals surface area (Å²) in [6.45, 7) is 0.621. The summed E-state index contributed by atoms with van der Waals surface area (Å²) in [6, 6.07) is 5.36. The maximum Gasteiger partial charge on any atom is 0.325 e. The quantitative estimate of drug-likeness (QED) is 0.445. The van der Waals surface area contributed by atoms with E-state index in [-0.39, 0.29) is 25.1 Å². The van der Waals surface area contributed by atoms with Gasteiger partial charge in [0, 0.05) is 25.0 Å². The molecule has 2 atom stereocenters. The fourth-order valence-electron chi connectivity index (χ4n) is 4.49. The number of carbonyl (C=O) groups is 3. The summed E-state index contributed by atoms with van der Waals surface area (Å²) in [4.78, 5) is 36.7. The number of carbonyl (C=O) groups excluding carboxylic acids is 3. The molecule has 1 saturated heterocycles. The molecule has 0 aliphatic carbocycles. The number of benzene rings is 2. The molecule has 198 valence electrons. The van der Waals surface area contributed by atoms with Crippen LogP contribution in [-0.2, 0) is 27.1 Å². The molecule has 0 bridgehead atoms. The van der Waals surface area contributed by atoms with E-state index in [4.69, 9.17) is 14.2 Å². The second kappa shape index (κ2) is 11.6. The van der Waals surface area contributed by atoms with E-state index in [1.54, 1.807) is 12.1 Å². The van der Waals surface area contributed by atoms with Crippen LogP contribution in [0.4, 0.5) is 4.39 Å². The summed E-state index contributed by atoms with van der Waals surface area (Å²) in [7, 11) is 2.67. The number of nitrogens with one attached hydrogen (secondary N) is 2. The van der Waals surface area contributed by atoms with Crippen LogP contribution in [0.1, 0.15) is 43.8 Å². The van der Waals surface area contributed by atoms with Gasteiger partial charge in [0.15, 0.2) is 0 Å². The molecule has 10 nitrogen and oxygen atoms in total. The minimum atomic E-state index is -0.813. The lowest BCUT2D eigenvalue weighted by Gasteiger charge is -2.28. The fourth-order valence-corrected chi connectivity index (χ4v) is 4.49. The molecule has 3 N–H and O–H groups in total. The van der Waals surface area contributed by atoms with Gasteiger partial charge >= 0.3 is 5.97 Å². The van der Waals surface area contributed by atoms with Crippen molar-refractivity contribution >= 4 is 17.8 Å². The first-order valence-corrected chi connectivity index (χ1v) is 11.9. The van der Waals surface area contributed by atoms with Crippen LogP contribution in [0.25, 0.3) is 0 Å². The largest absolute Gasteiger partial charge is 0.495 e. The van der Waals surface area contributed by atoms with Gasteiger partial charge in [-0.1, -0.05) is 6.07 Å². The van der Waals surface area contributed by atoms with Gasteiger partial charge in [-0.15, -0.1) is 0 Å². The lowest BCUT2D eigenvalue weighted by atomic mass is 9.95. The number of esters is 1. The normalized spacial score (nSPS) is 18.4. The van der Waals surface area contributed by atoms with Gasteiger partial charge in [0.05, 0.1) is 50.7 Å². The summed E-state index contributed by atoms with van der Waals surface area (Å²) in [5, 5.41) is 15.4. The van der Waals surface area contributed by atoms with Crippen molar-refractivity contribution in [3.8, 4) is 11.5 Å². The van der Waals surface area contributed by atoms with Gasteiger partial charge in [0.2, 0.25) is 0 Å². The minimum Gasteiger partial charge on any atom is -0.495 e. The van der Waals surface area contributed by atoms with E-state index in [1.807, 2.05) is 0 Å². The topological polar surface area (TPSA) is 132 Å². The molecule has 0 radical (unpaired) electrons. The molecular formula is C26H29FN2O8. The third-order valence-electron chi connectivity index (χ3n) is 6.39. The third kappa shape index (κ3) is 5.83. The number of aliphatic hydroxyl groups excluding tert-OH is 1. The molecule has 0 aromatic heterocycles. The van der Waals surface area contributed by atoms with E-state index < -0.39 is 35.7 Å². The van der Waals surface area contributed by atoms with Gasteiger partial charge in [0.1, 0.15) is 23.9 Å². The molecule has 2 heterocycles. The van der Waals surface area contributed by atoms with Gasteiger partial charge in [-0.3, -0.25) is 14.4 Å². The van der Waals surface area contributed by atoms with Crippen LogP contribution in [0.5, 0.6) is 11.5 Å². The van der Waals surface area contributed by atoms with E-state index in [1.165, 1.54) is 26.4 Å². The van der Waals surface area contributed by atoms with Crippen LogP contribution in [-0.4, -0.2) is 75.6 Å². The molecule has 2 amide bonds. The van der Waals surface area contributed by atoms with E-state index in [2.05, 4.69) is 15.4 Å². The average Bonchev–Trinajstić information content (AvgIpc) is 3.38. The Bertz CT molecular complexity index is 1200. The number of ether oxygens (including phenoxy) is 4. The van der Waals surface area contributed by atoms with Gasteiger partial charge in [-0.2, -0.15) is 0 Å². The second-order valence-electron chi connectivity index (χ2n) is 8.78. The van der Waals surface area contributed by atoms with E-state index in [9.17, 15) is 23.9 Å². The van der Waals surface area contributed by atoms with Crippen molar-refractivity contribution in [2.45, 2.75) is 31.4 Å². The Labute approximate surface area is 213 Å². The highest BCUT2D eigenvalue weighted by Crippen LogP contribution is 2.40. The highest BCUT2D eigenvalue weighted by atomic mass is 19.1. The first-order valence-electron chi connectivity index (χ1n) is 11.9. The minimum absolute atomic E-state index is 0.146. The van der Waals surface area contributed by atoms with Crippen LogP contribution < -0.4 is 20.1 Å². The van der Waals surface area contributed by atoms with E-state index in [0.717, 1.165) is 5.56 Å². The first kappa shape index (κ1) is 26.4. The molecule has 2 aromatic carbocycles. The Kier molecular flexibility index (Phi) is 8.24. The molecule has 11 heteroatoms. The SMILES string of the molecule is COC(=O)CNC(=O)c1ccc(Cc2cc(C(=O)N[C@H]3CCOC[C@@H]3O)c(OC)c3c2OCC3)cc1F. The number of hydrogen-bond donors (Lipinski definition) is 3. The van der Waals surface area contributed by atoms with Crippen LogP contribution in [0, 0.1) is 5.82 Å². The van der Waals surface area contributed by atoms with Crippen molar-refractivity contribution in [2.75, 3.05) is 40.6 Å². The molecular weight excluding hydrogens is 487 g/mol. The zero-order valence-electron chi connectivity index (χ0n) is 20.6. The van der Waals surface area contributed by atoms with Crippen LogP contribution in [0.2, 0.25) is 0 Å². The van der Waals surface area contributed by atoms with Crippen molar-refractivity contribution in [3.63, 3.8) is 0 Å². The molecule has 2 aliphatic heterocycles. The Morgan fingerprint density at radius 3 is 2.65 bits per heavy atom. The zero-order chi connectivity index (χ0) is 26.5. The number of fused-ring (bicyclic) bond motifs is 1. The molecule has 2 aliphatic rings. The number of aliphatic hydroxyl groups is 1. The van der Waals surface area contributed by atoms with E-state index in [0.29, 0.717) is 54.2 Å². The number of methoxy groups -OCH3 is 2. The monoisotopic (exact) mass is 516 g/mol. The Hall–Kier alpha value is -3.70. The van der Waals surface area contributed by atoms with Crippen LogP contribution in [0.3, 0.4) is 0 Å². The van der Waals surface area contributed by atoms with Crippen LogP contribution >= 0.6 is 0 Å². The maximum absolute atomic E-state index is 14.8.